The number of carbonyl (C=O) groups excluding carboxylic acids is 1. The molecule has 4 heteroatoms. The molecule has 2 aromatic rings. The second-order valence-corrected chi connectivity index (χ2v) is 7.95. The van der Waals surface area contributed by atoms with Gasteiger partial charge < -0.3 is 15.0 Å². The number of nitrogens with one attached hydrogen (secondary N) is 1. The van der Waals surface area contributed by atoms with Crippen molar-refractivity contribution in [2.45, 2.75) is 32.1 Å². The highest BCUT2D eigenvalue weighted by atomic mass is 16.5. The molecule has 1 atom stereocenters. The minimum Gasteiger partial charge on any atom is -0.497 e. The number of methoxy groups -OCH3 is 1. The van der Waals surface area contributed by atoms with Crippen LogP contribution in [0.2, 0.25) is 0 Å². The van der Waals surface area contributed by atoms with Gasteiger partial charge in [-0.15, -0.1) is 0 Å². The first-order valence-corrected chi connectivity index (χ1v) is 9.67. The number of benzene rings is 2. The first-order chi connectivity index (χ1) is 12.6. The van der Waals surface area contributed by atoms with Gasteiger partial charge in [0.15, 0.2) is 0 Å². The Morgan fingerprint density at radius 2 is 1.85 bits per heavy atom. The minimum absolute atomic E-state index is 0.0998. The van der Waals surface area contributed by atoms with Gasteiger partial charge in [0, 0.05) is 19.6 Å². The van der Waals surface area contributed by atoms with Crippen molar-refractivity contribution < 1.29 is 9.53 Å². The molecule has 2 aliphatic heterocycles. The summed E-state index contributed by atoms with van der Waals surface area (Å²) in [5, 5.41) is 5.78. The molecule has 2 heterocycles. The van der Waals surface area contributed by atoms with Crippen molar-refractivity contribution in [3.05, 3.63) is 42.0 Å². The molecule has 4 nitrogen and oxygen atoms in total. The summed E-state index contributed by atoms with van der Waals surface area (Å²) < 4.78 is 5.29. The smallest absolute Gasteiger partial charge is 0.229 e. The monoisotopic (exact) mass is 352 g/mol. The van der Waals surface area contributed by atoms with Gasteiger partial charge in [-0.25, -0.2) is 0 Å². The first-order valence-electron chi connectivity index (χ1n) is 9.67. The lowest BCUT2D eigenvalue weighted by molar-refractivity contribution is -0.134. The Labute approximate surface area is 155 Å². The molecule has 2 saturated heterocycles. The Balaban J connectivity index is 1.47. The molecule has 0 aromatic heterocycles. The van der Waals surface area contributed by atoms with E-state index in [1.165, 1.54) is 6.42 Å². The molecule has 1 unspecified atom stereocenters. The highest BCUT2D eigenvalue weighted by Crippen LogP contribution is 2.37. The van der Waals surface area contributed by atoms with Crippen LogP contribution in [-0.4, -0.2) is 44.1 Å². The number of amides is 1. The maximum atomic E-state index is 13.0. The molecule has 1 spiro atoms. The fraction of sp³-hybridized carbons (Fsp3) is 0.500. The van der Waals surface area contributed by atoms with Crippen molar-refractivity contribution in [1.29, 1.82) is 0 Å². The third-order valence-electron chi connectivity index (χ3n) is 6.41. The molecule has 26 heavy (non-hydrogen) atoms. The van der Waals surface area contributed by atoms with Gasteiger partial charge in [0.25, 0.3) is 0 Å². The molecule has 2 aliphatic rings. The van der Waals surface area contributed by atoms with Crippen molar-refractivity contribution in [1.82, 2.24) is 10.2 Å². The van der Waals surface area contributed by atoms with Crippen molar-refractivity contribution >= 4 is 16.7 Å². The Morgan fingerprint density at radius 3 is 2.54 bits per heavy atom. The lowest BCUT2D eigenvalue weighted by Crippen LogP contribution is -2.45. The Morgan fingerprint density at radius 1 is 1.12 bits per heavy atom. The van der Waals surface area contributed by atoms with E-state index in [0.29, 0.717) is 5.41 Å². The number of hydrogen-bond donors (Lipinski definition) is 1. The average Bonchev–Trinajstić information content (AvgIpc) is 3.14. The molecule has 1 N–H and O–H groups in total. The summed E-state index contributed by atoms with van der Waals surface area (Å²) in [6.45, 7) is 6.09. The Kier molecular flexibility index (Phi) is 4.62. The van der Waals surface area contributed by atoms with E-state index in [1.54, 1.807) is 7.11 Å². The molecule has 0 radical (unpaired) electrons. The summed E-state index contributed by atoms with van der Waals surface area (Å²) >= 11 is 0. The number of piperidine rings is 1. The van der Waals surface area contributed by atoms with Gasteiger partial charge in [-0.1, -0.05) is 24.3 Å². The van der Waals surface area contributed by atoms with Crippen LogP contribution in [0.3, 0.4) is 0 Å². The number of nitrogens with zero attached hydrogens (tertiary/aromatic N) is 1. The molecule has 0 aliphatic carbocycles. The summed E-state index contributed by atoms with van der Waals surface area (Å²) in [6, 6.07) is 12.4. The van der Waals surface area contributed by atoms with Crippen LogP contribution in [0, 0.1) is 5.41 Å². The zero-order valence-corrected chi connectivity index (χ0v) is 15.8. The van der Waals surface area contributed by atoms with Crippen molar-refractivity contribution in [2.24, 2.45) is 5.41 Å². The summed E-state index contributed by atoms with van der Waals surface area (Å²) in [6.07, 6.45) is 3.53. The van der Waals surface area contributed by atoms with E-state index in [0.717, 1.165) is 61.1 Å². The van der Waals surface area contributed by atoms with Crippen LogP contribution in [0.4, 0.5) is 0 Å². The highest BCUT2D eigenvalue weighted by molar-refractivity contribution is 5.88. The van der Waals surface area contributed by atoms with E-state index in [2.05, 4.69) is 34.5 Å². The molecule has 138 valence electrons. The standard InChI is InChI=1S/C22H28N2O2/c1-16(17-3-4-19-14-20(26-2)6-5-18(19)13-17)21(25)24-11-8-22(9-12-24)7-10-23-15-22/h3-6,13-14,16,23H,7-12,15H2,1-2H3. The van der Waals surface area contributed by atoms with Crippen LogP contribution in [-0.2, 0) is 4.79 Å². The van der Waals surface area contributed by atoms with Crippen LogP contribution in [0.1, 0.15) is 37.7 Å². The Hall–Kier alpha value is -2.07. The van der Waals surface area contributed by atoms with Crippen LogP contribution in [0.15, 0.2) is 36.4 Å². The molecule has 2 aromatic carbocycles. The molecule has 1 amide bonds. The molecule has 0 bridgehead atoms. The number of fused-ring (bicyclic) bond motifs is 1. The van der Waals surface area contributed by atoms with E-state index >= 15 is 0 Å². The van der Waals surface area contributed by atoms with Gasteiger partial charge in [-0.2, -0.15) is 0 Å². The Bertz CT molecular complexity index is 801. The fourth-order valence-electron chi connectivity index (χ4n) is 4.48. The maximum Gasteiger partial charge on any atom is 0.229 e. The number of hydrogen-bond acceptors (Lipinski definition) is 3. The summed E-state index contributed by atoms with van der Waals surface area (Å²) in [4.78, 5) is 15.1. The van der Waals surface area contributed by atoms with Crippen LogP contribution in [0.5, 0.6) is 5.75 Å². The van der Waals surface area contributed by atoms with Gasteiger partial charge in [0.2, 0.25) is 5.91 Å². The minimum atomic E-state index is -0.0998. The molecular formula is C22H28N2O2. The zero-order valence-electron chi connectivity index (χ0n) is 15.8. The van der Waals surface area contributed by atoms with E-state index in [1.807, 2.05) is 19.1 Å². The van der Waals surface area contributed by atoms with E-state index in [9.17, 15) is 4.79 Å². The van der Waals surface area contributed by atoms with Gasteiger partial charge in [-0.05, 0) is 66.6 Å². The summed E-state index contributed by atoms with van der Waals surface area (Å²) in [5.41, 5.74) is 1.54. The third-order valence-corrected chi connectivity index (χ3v) is 6.41. The van der Waals surface area contributed by atoms with Gasteiger partial charge in [-0.3, -0.25) is 4.79 Å². The van der Waals surface area contributed by atoms with Gasteiger partial charge in [0.1, 0.15) is 5.75 Å². The lowest BCUT2D eigenvalue weighted by Gasteiger charge is -2.39. The van der Waals surface area contributed by atoms with Crippen LogP contribution >= 0.6 is 0 Å². The molecule has 4 rings (SSSR count). The topological polar surface area (TPSA) is 41.6 Å². The number of ether oxygens (including phenoxy) is 1. The second-order valence-electron chi connectivity index (χ2n) is 7.95. The average molecular weight is 352 g/mol. The third kappa shape index (κ3) is 3.18. The fourth-order valence-corrected chi connectivity index (χ4v) is 4.48. The normalized spacial score (nSPS) is 20.5. The van der Waals surface area contributed by atoms with Crippen molar-refractivity contribution in [2.75, 3.05) is 33.3 Å². The largest absolute Gasteiger partial charge is 0.497 e. The quantitative estimate of drug-likeness (QED) is 0.918. The van der Waals surface area contributed by atoms with Crippen LogP contribution < -0.4 is 10.1 Å². The van der Waals surface area contributed by atoms with E-state index in [4.69, 9.17) is 4.74 Å². The first kappa shape index (κ1) is 17.3. The zero-order chi connectivity index (χ0) is 18.1. The number of likely N-dealkylation sites (tertiary alicyclic amines) is 1. The number of carbonyl (C=O) groups is 1. The molecular weight excluding hydrogens is 324 g/mol. The summed E-state index contributed by atoms with van der Waals surface area (Å²) in [5.74, 6) is 1.02. The predicted octanol–water partition coefficient (Wildman–Crippen LogP) is 3.55. The van der Waals surface area contributed by atoms with Gasteiger partial charge in [0.05, 0.1) is 13.0 Å². The molecule has 2 fully saturated rings. The van der Waals surface area contributed by atoms with Crippen molar-refractivity contribution in [3.63, 3.8) is 0 Å². The highest BCUT2D eigenvalue weighted by Gasteiger charge is 2.38. The van der Waals surface area contributed by atoms with Gasteiger partial charge >= 0.3 is 0 Å². The van der Waals surface area contributed by atoms with E-state index < -0.39 is 0 Å². The second kappa shape index (κ2) is 6.92. The summed E-state index contributed by atoms with van der Waals surface area (Å²) in [7, 11) is 1.68. The molecule has 0 saturated carbocycles. The van der Waals surface area contributed by atoms with E-state index in [-0.39, 0.29) is 11.8 Å². The lowest BCUT2D eigenvalue weighted by atomic mass is 9.77. The maximum absolute atomic E-state index is 13.0. The number of rotatable bonds is 3. The van der Waals surface area contributed by atoms with Crippen LogP contribution in [0.25, 0.3) is 10.8 Å². The SMILES string of the molecule is COc1ccc2cc(C(C)C(=O)N3CCC4(CCNC4)CC3)ccc2c1. The predicted molar refractivity (Wildman–Crippen MR) is 105 cm³/mol. The van der Waals surface area contributed by atoms with Crippen molar-refractivity contribution in [3.8, 4) is 5.75 Å².